The summed E-state index contributed by atoms with van der Waals surface area (Å²) in [6, 6.07) is 0. The van der Waals surface area contributed by atoms with Crippen molar-refractivity contribution in [1.29, 1.82) is 0 Å². The Morgan fingerprint density at radius 1 is 1.31 bits per heavy atom. The molecule has 1 aliphatic heterocycles. The highest BCUT2D eigenvalue weighted by molar-refractivity contribution is 6.03. The van der Waals surface area contributed by atoms with E-state index >= 15 is 0 Å². The van der Waals surface area contributed by atoms with Crippen LogP contribution in [0.25, 0.3) is 0 Å². The number of carbonyl (C=O) groups is 2. The van der Waals surface area contributed by atoms with Crippen molar-refractivity contribution in [3.05, 3.63) is 0 Å². The molecule has 0 aliphatic carbocycles. The Balaban J connectivity index is 0.000000671. The maximum Gasteiger partial charge on any atom is 0.232 e. The number of hydrogen-bond acceptors (Lipinski definition) is 2. The van der Waals surface area contributed by atoms with Crippen LogP contribution < -0.4 is 0 Å². The van der Waals surface area contributed by atoms with Gasteiger partial charge in [0.2, 0.25) is 11.8 Å². The third-order valence-corrected chi connectivity index (χ3v) is 2.22. The summed E-state index contributed by atoms with van der Waals surface area (Å²) in [5, 5.41) is 0. The second-order valence-electron chi connectivity index (χ2n) is 3.35. The maximum atomic E-state index is 11.3. The van der Waals surface area contributed by atoms with Gasteiger partial charge in [-0.25, -0.2) is 0 Å². The van der Waals surface area contributed by atoms with Crippen LogP contribution in [0.15, 0.2) is 0 Å². The molecule has 1 heterocycles. The smallest absolute Gasteiger partial charge is 0.232 e. The second-order valence-corrected chi connectivity index (χ2v) is 3.35. The maximum absolute atomic E-state index is 11.3. The van der Waals surface area contributed by atoms with Gasteiger partial charge in [0.25, 0.3) is 0 Å². The molecule has 1 rings (SSSR count). The monoisotopic (exact) mass is 185 g/mol. The summed E-state index contributed by atoms with van der Waals surface area (Å²) >= 11 is 0. The van der Waals surface area contributed by atoms with Gasteiger partial charge >= 0.3 is 0 Å². The minimum absolute atomic E-state index is 0.0231. The lowest BCUT2D eigenvalue weighted by Crippen LogP contribution is -2.27. The molecular weight excluding hydrogens is 166 g/mol. The van der Waals surface area contributed by atoms with Crippen molar-refractivity contribution in [3.8, 4) is 0 Å². The van der Waals surface area contributed by atoms with E-state index in [4.69, 9.17) is 0 Å². The summed E-state index contributed by atoms with van der Waals surface area (Å²) in [5.74, 6) is 0.127. The van der Waals surface area contributed by atoms with Gasteiger partial charge in [-0.2, -0.15) is 0 Å². The summed E-state index contributed by atoms with van der Waals surface area (Å²) < 4.78 is 0. The van der Waals surface area contributed by atoms with Crippen LogP contribution in [0.5, 0.6) is 0 Å². The fraction of sp³-hybridized carbons (Fsp3) is 0.800. The van der Waals surface area contributed by atoms with E-state index in [1.54, 1.807) is 7.05 Å². The molecule has 13 heavy (non-hydrogen) atoms. The van der Waals surface area contributed by atoms with Gasteiger partial charge in [-0.3, -0.25) is 14.5 Å². The van der Waals surface area contributed by atoms with Gasteiger partial charge in [-0.1, -0.05) is 27.7 Å². The average molecular weight is 185 g/mol. The molecule has 1 aliphatic rings. The Morgan fingerprint density at radius 2 is 1.77 bits per heavy atom. The zero-order valence-electron chi connectivity index (χ0n) is 9.13. The predicted octanol–water partition coefficient (Wildman–Crippen LogP) is 1.67. The van der Waals surface area contributed by atoms with E-state index in [9.17, 15) is 9.59 Å². The molecule has 1 saturated heterocycles. The number of nitrogens with zero attached hydrogens (tertiary/aromatic N) is 1. The van der Waals surface area contributed by atoms with Gasteiger partial charge in [0.05, 0.1) is 0 Å². The number of hydrogen-bond donors (Lipinski definition) is 0. The van der Waals surface area contributed by atoms with E-state index in [-0.39, 0.29) is 23.7 Å². The third-order valence-electron chi connectivity index (χ3n) is 2.22. The molecule has 0 aromatic rings. The molecule has 1 atom stereocenters. The summed E-state index contributed by atoms with van der Waals surface area (Å²) in [6.45, 7) is 7.93. The first-order chi connectivity index (χ1) is 6.04. The van der Waals surface area contributed by atoms with Gasteiger partial charge in [0.1, 0.15) is 0 Å². The normalized spacial score (nSPS) is 22.0. The fourth-order valence-electron chi connectivity index (χ4n) is 1.30. The highest BCUT2D eigenvalue weighted by Gasteiger charge is 2.37. The van der Waals surface area contributed by atoms with Crippen molar-refractivity contribution in [1.82, 2.24) is 4.90 Å². The van der Waals surface area contributed by atoms with Gasteiger partial charge in [-0.05, 0) is 5.92 Å². The minimum atomic E-state index is -0.0764. The van der Waals surface area contributed by atoms with E-state index in [0.717, 1.165) is 0 Å². The van der Waals surface area contributed by atoms with Crippen LogP contribution in [-0.2, 0) is 9.59 Å². The van der Waals surface area contributed by atoms with Gasteiger partial charge in [0, 0.05) is 19.4 Å². The molecule has 2 amide bonds. The molecule has 0 radical (unpaired) electrons. The lowest BCUT2D eigenvalue weighted by atomic mass is 9.95. The van der Waals surface area contributed by atoms with Crippen molar-refractivity contribution in [3.63, 3.8) is 0 Å². The molecule has 76 valence electrons. The molecule has 0 saturated carbocycles. The molecular formula is C10H19NO2. The van der Waals surface area contributed by atoms with Gasteiger partial charge in [0.15, 0.2) is 0 Å². The summed E-state index contributed by atoms with van der Waals surface area (Å²) in [4.78, 5) is 23.5. The average Bonchev–Trinajstić information content (AvgIpc) is 2.36. The number of imide groups is 1. The van der Waals surface area contributed by atoms with E-state index in [1.807, 2.05) is 27.7 Å². The predicted molar refractivity (Wildman–Crippen MR) is 52.1 cm³/mol. The van der Waals surface area contributed by atoms with Crippen LogP contribution >= 0.6 is 0 Å². The molecule has 1 fully saturated rings. The Morgan fingerprint density at radius 3 is 1.92 bits per heavy atom. The Labute approximate surface area is 80.1 Å². The van der Waals surface area contributed by atoms with Crippen molar-refractivity contribution >= 4 is 11.8 Å². The first-order valence-electron chi connectivity index (χ1n) is 4.84. The van der Waals surface area contributed by atoms with Crippen molar-refractivity contribution in [2.75, 3.05) is 7.05 Å². The molecule has 3 heteroatoms. The van der Waals surface area contributed by atoms with Crippen molar-refractivity contribution in [2.45, 2.75) is 34.1 Å². The number of carbonyl (C=O) groups excluding carboxylic acids is 2. The van der Waals surface area contributed by atoms with E-state index in [0.29, 0.717) is 6.42 Å². The summed E-state index contributed by atoms with van der Waals surface area (Å²) in [6.07, 6.45) is 0.396. The number of amides is 2. The topological polar surface area (TPSA) is 37.4 Å². The van der Waals surface area contributed by atoms with Crippen LogP contribution in [0.2, 0.25) is 0 Å². The van der Waals surface area contributed by atoms with Crippen LogP contribution in [0.4, 0.5) is 0 Å². The first-order valence-corrected chi connectivity index (χ1v) is 4.84. The summed E-state index contributed by atoms with van der Waals surface area (Å²) in [5.41, 5.74) is 0. The van der Waals surface area contributed by atoms with Crippen LogP contribution in [-0.4, -0.2) is 23.8 Å². The van der Waals surface area contributed by atoms with Gasteiger partial charge < -0.3 is 0 Å². The zero-order valence-corrected chi connectivity index (χ0v) is 9.13. The SMILES string of the molecule is CC.CC(C)C1CC(=O)N(C)C1=O. The first kappa shape index (κ1) is 12.1. The highest BCUT2D eigenvalue weighted by atomic mass is 16.2. The van der Waals surface area contributed by atoms with Crippen LogP contribution in [0.3, 0.4) is 0 Å². The summed E-state index contributed by atoms with van der Waals surface area (Å²) in [7, 11) is 1.55. The molecule has 0 aromatic carbocycles. The molecule has 0 aromatic heterocycles. The van der Waals surface area contributed by atoms with Gasteiger partial charge in [-0.15, -0.1) is 0 Å². The van der Waals surface area contributed by atoms with E-state index in [1.165, 1.54) is 4.90 Å². The zero-order chi connectivity index (χ0) is 10.6. The second kappa shape index (κ2) is 5.00. The molecule has 3 nitrogen and oxygen atoms in total. The van der Waals surface area contributed by atoms with Crippen molar-refractivity contribution < 1.29 is 9.59 Å². The molecule has 0 spiro atoms. The quantitative estimate of drug-likeness (QED) is 0.583. The largest absolute Gasteiger partial charge is 0.285 e. The number of likely N-dealkylation sites (tertiary alicyclic amines) is 1. The number of rotatable bonds is 1. The van der Waals surface area contributed by atoms with E-state index in [2.05, 4.69) is 0 Å². The Bertz CT molecular complexity index is 199. The van der Waals surface area contributed by atoms with Crippen LogP contribution in [0.1, 0.15) is 34.1 Å². The lowest BCUT2D eigenvalue weighted by Gasteiger charge is -2.10. The highest BCUT2D eigenvalue weighted by Crippen LogP contribution is 2.24. The Kier molecular flexibility index (Phi) is 4.67. The van der Waals surface area contributed by atoms with Crippen LogP contribution in [0, 0.1) is 11.8 Å². The third kappa shape index (κ3) is 2.54. The molecule has 0 bridgehead atoms. The minimum Gasteiger partial charge on any atom is -0.285 e. The lowest BCUT2D eigenvalue weighted by molar-refractivity contribution is -0.138. The van der Waals surface area contributed by atoms with Crippen molar-refractivity contribution in [2.24, 2.45) is 11.8 Å². The Hall–Kier alpha value is -0.860. The molecule has 0 N–H and O–H groups in total. The molecule has 1 unspecified atom stereocenters. The standard InChI is InChI=1S/C8H13NO2.C2H6/c1-5(2)6-4-7(10)9(3)8(6)11;1-2/h5-6H,4H2,1-3H3;1-2H3. The van der Waals surface area contributed by atoms with E-state index < -0.39 is 0 Å². The fourth-order valence-corrected chi connectivity index (χ4v) is 1.30.